The van der Waals surface area contributed by atoms with Crippen LogP contribution in [0.4, 0.5) is 30.2 Å². The van der Waals surface area contributed by atoms with Crippen LogP contribution < -0.4 is 5.32 Å². The molecule has 12 heteroatoms. The number of non-ortho nitro benzene ring substituents is 2. The van der Waals surface area contributed by atoms with Crippen LogP contribution in [0.25, 0.3) is 0 Å². The third-order valence-electron chi connectivity index (χ3n) is 2.70. The molecule has 0 aliphatic carbocycles. The van der Waals surface area contributed by atoms with E-state index in [0.29, 0.717) is 12.1 Å². The van der Waals surface area contributed by atoms with E-state index in [4.69, 9.17) is 5.11 Å². The third kappa shape index (κ3) is 7.18. The average molecular weight is 487 g/mol. The summed E-state index contributed by atoms with van der Waals surface area (Å²) in [5.41, 5.74) is -0.606. The second kappa shape index (κ2) is 11.2. The van der Waals surface area contributed by atoms with Gasteiger partial charge in [-0.05, 0) is 12.1 Å². The Morgan fingerprint density at radius 1 is 0.885 bits per heavy atom. The van der Waals surface area contributed by atoms with Crippen molar-refractivity contribution in [2.75, 3.05) is 18.5 Å². The Kier molecular flexibility index (Phi) is 10.1. The molecule has 0 amide bonds. The summed E-state index contributed by atoms with van der Waals surface area (Å²) < 4.78 is 37.5. The monoisotopic (exact) mass is 487 g/mol. The minimum Gasteiger partial charge on any atom is -0.395 e. The van der Waals surface area contributed by atoms with Crippen molar-refractivity contribution in [3.63, 3.8) is 0 Å². The lowest BCUT2D eigenvalue weighted by Crippen LogP contribution is -2.07. The number of hydrogen-bond acceptors (Lipinski definition) is 6. The second-order valence-corrected chi connectivity index (χ2v) is 4.43. The van der Waals surface area contributed by atoms with E-state index in [1.807, 2.05) is 0 Å². The molecule has 0 radical (unpaired) electrons. The molecule has 0 aromatic heterocycles. The van der Waals surface area contributed by atoms with Gasteiger partial charge in [0.05, 0.1) is 34.3 Å². The summed E-state index contributed by atoms with van der Waals surface area (Å²) in [7, 11) is 0. The maximum Gasteiger partial charge on any atom is 0.272 e. The van der Waals surface area contributed by atoms with Gasteiger partial charge in [0.25, 0.3) is 11.4 Å². The highest BCUT2D eigenvalue weighted by molar-refractivity contribution is 14.0. The topological polar surface area (TPSA) is 119 Å². The molecule has 0 bridgehead atoms. The molecule has 0 fully saturated rings. The summed E-state index contributed by atoms with van der Waals surface area (Å²) in [5, 5.41) is 31.3. The predicted octanol–water partition coefficient (Wildman–Crippen LogP) is 3.63. The van der Waals surface area contributed by atoms with Crippen molar-refractivity contribution in [3.8, 4) is 0 Å². The molecule has 0 aliphatic heterocycles. The number of benzene rings is 2. The van der Waals surface area contributed by atoms with Crippen molar-refractivity contribution in [2.45, 2.75) is 0 Å². The fraction of sp³-hybridized carbons (Fsp3) is 0.143. The molecule has 0 spiro atoms. The molecular formula is C14H13F3IN3O5. The molecule has 0 atom stereocenters. The molecule has 142 valence electrons. The zero-order valence-electron chi connectivity index (χ0n) is 12.9. The number of rotatable bonds is 5. The maximum absolute atomic E-state index is 13.1. The number of aliphatic hydroxyl groups excluding tert-OH is 1. The zero-order chi connectivity index (χ0) is 19.0. The largest absolute Gasteiger partial charge is 0.395 e. The van der Waals surface area contributed by atoms with E-state index in [0.717, 1.165) is 12.1 Å². The first kappa shape index (κ1) is 23.5. The van der Waals surface area contributed by atoms with Crippen LogP contribution in [0, 0.1) is 37.7 Å². The number of nitrogens with zero attached hydrogens (tertiary/aromatic N) is 2. The number of nitro groups is 2. The number of halogens is 4. The van der Waals surface area contributed by atoms with Crippen LogP contribution in [-0.4, -0.2) is 28.1 Å². The molecule has 2 aromatic carbocycles. The van der Waals surface area contributed by atoms with Gasteiger partial charge in [0.1, 0.15) is 0 Å². The van der Waals surface area contributed by atoms with E-state index in [2.05, 4.69) is 5.32 Å². The van der Waals surface area contributed by atoms with Crippen LogP contribution in [0.1, 0.15) is 0 Å². The Labute approximate surface area is 162 Å². The van der Waals surface area contributed by atoms with Crippen LogP contribution in [-0.2, 0) is 0 Å². The van der Waals surface area contributed by atoms with Gasteiger partial charge in [-0.1, -0.05) is 0 Å². The van der Waals surface area contributed by atoms with Crippen molar-refractivity contribution < 1.29 is 28.1 Å². The smallest absolute Gasteiger partial charge is 0.272 e. The molecular weight excluding hydrogens is 474 g/mol. The van der Waals surface area contributed by atoms with Crippen LogP contribution in [0.3, 0.4) is 0 Å². The van der Waals surface area contributed by atoms with Gasteiger partial charge in [0.15, 0.2) is 17.5 Å². The summed E-state index contributed by atoms with van der Waals surface area (Å²) in [6.45, 7) is 0.0746. The van der Waals surface area contributed by atoms with Crippen molar-refractivity contribution in [2.24, 2.45) is 0 Å². The Balaban J connectivity index is 0.000000475. The summed E-state index contributed by atoms with van der Waals surface area (Å²) in [6, 6.07) is 5.45. The molecule has 2 aromatic rings. The molecule has 26 heavy (non-hydrogen) atoms. The van der Waals surface area contributed by atoms with Crippen molar-refractivity contribution in [1.29, 1.82) is 0 Å². The van der Waals surface area contributed by atoms with E-state index < -0.39 is 33.0 Å². The van der Waals surface area contributed by atoms with E-state index in [1.54, 1.807) is 0 Å². The molecule has 8 nitrogen and oxygen atoms in total. The van der Waals surface area contributed by atoms with Gasteiger partial charge in [0, 0.05) is 18.7 Å². The normalized spacial score (nSPS) is 9.38. The van der Waals surface area contributed by atoms with Gasteiger partial charge in [-0.2, -0.15) is 0 Å². The fourth-order valence-corrected chi connectivity index (χ4v) is 1.55. The van der Waals surface area contributed by atoms with Gasteiger partial charge in [-0.3, -0.25) is 20.2 Å². The van der Waals surface area contributed by atoms with Crippen molar-refractivity contribution in [3.05, 3.63) is 74.1 Å². The first-order valence-corrected chi connectivity index (χ1v) is 6.64. The maximum atomic E-state index is 13.1. The number of nitrogens with one attached hydrogen (secondary N) is 1. The van der Waals surface area contributed by atoms with Gasteiger partial charge in [-0.25, -0.2) is 13.2 Å². The first-order valence-electron chi connectivity index (χ1n) is 6.64. The van der Waals surface area contributed by atoms with Gasteiger partial charge < -0.3 is 10.4 Å². The molecule has 0 aliphatic rings. The van der Waals surface area contributed by atoms with Crippen molar-refractivity contribution >= 4 is 41.0 Å². The third-order valence-corrected chi connectivity index (χ3v) is 2.70. The number of anilines is 1. The summed E-state index contributed by atoms with van der Waals surface area (Å²) in [6.07, 6.45) is 0. The Hall–Kier alpha value is -2.48. The van der Waals surface area contributed by atoms with Gasteiger partial charge in [-0.15, -0.1) is 24.0 Å². The van der Waals surface area contributed by atoms with E-state index in [9.17, 15) is 33.4 Å². The Morgan fingerprint density at radius 2 is 1.38 bits per heavy atom. The minimum atomic E-state index is -1.21. The predicted molar refractivity (Wildman–Crippen MR) is 97.1 cm³/mol. The Morgan fingerprint density at radius 3 is 1.81 bits per heavy atom. The zero-order valence-corrected chi connectivity index (χ0v) is 15.2. The van der Waals surface area contributed by atoms with Crippen molar-refractivity contribution in [1.82, 2.24) is 0 Å². The highest BCUT2D eigenvalue weighted by Crippen LogP contribution is 2.20. The fourth-order valence-electron chi connectivity index (χ4n) is 1.55. The standard InChI is InChI=1S/C8H9FN2O3.C6H3F2NO2.HI/c9-7-5-6(11(13)14)1-2-8(7)10-3-4-12;7-5-2-1-4(9(10)11)3-6(5)8;/h1-2,5,10,12H,3-4H2;1-3H;1H. The highest BCUT2D eigenvalue weighted by Gasteiger charge is 2.10. The number of nitro benzene ring substituents is 2. The SMILES string of the molecule is I.O=[N+]([O-])c1ccc(F)c(F)c1.O=[N+]([O-])c1ccc(NCCO)c(F)c1. The average Bonchev–Trinajstić information content (AvgIpc) is 2.56. The molecule has 0 saturated carbocycles. The molecule has 2 N–H and O–H groups in total. The number of aliphatic hydroxyl groups is 1. The first-order chi connectivity index (χ1) is 11.8. The van der Waals surface area contributed by atoms with Gasteiger partial charge in [0.2, 0.25) is 0 Å². The minimum absolute atomic E-state index is 0. The summed E-state index contributed by atoms with van der Waals surface area (Å²) >= 11 is 0. The van der Waals surface area contributed by atoms with Gasteiger partial charge >= 0.3 is 0 Å². The van der Waals surface area contributed by atoms with E-state index >= 15 is 0 Å². The molecule has 2 rings (SSSR count). The molecule has 0 heterocycles. The van der Waals surface area contributed by atoms with E-state index in [-0.39, 0.29) is 48.5 Å². The van der Waals surface area contributed by atoms with E-state index in [1.165, 1.54) is 12.1 Å². The Bertz CT molecular complexity index is 779. The van der Waals surface area contributed by atoms with Crippen LogP contribution >= 0.6 is 24.0 Å². The highest BCUT2D eigenvalue weighted by atomic mass is 127. The summed E-state index contributed by atoms with van der Waals surface area (Å²) in [5.74, 6) is -3.00. The lowest BCUT2D eigenvalue weighted by Gasteiger charge is -2.04. The lowest BCUT2D eigenvalue weighted by molar-refractivity contribution is -0.385. The molecule has 0 unspecified atom stereocenters. The molecule has 0 saturated heterocycles. The summed E-state index contributed by atoms with van der Waals surface area (Å²) in [4.78, 5) is 18.8. The second-order valence-electron chi connectivity index (χ2n) is 4.43. The van der Waals surface area contributed by atoms with Crippen LogP contribution in [0.15, 0.2) is 36.4 Å². The lowest BCUT2D eigenvalue weighted by atomic mass is 10.2. The number of hydrogen-bond donors (Lipinski definition) is 2. The van der Waals surface area contributed by atoms with Crippen LogP contribution in [0.5, 0.6) is 0 Å². The van der Waals surface area contributed by atoms with Crippen LogP contribution in [0.2, 0.25) is 0 Å². The quantitative estimate of drug-likeness (QED) is 0.378.